The van der Waals surface area contributed by atoms with Gasteiger partial charge < -0.3 is 19.5 Å². The lowest BCUT2D eigenvalue weighted by atomic mass is 10.1. The van der Waals surface area contributed by atoms with E-state index >= 15 is 0 Å². The van der Waals surface area contributed by atoms with Crippen LogP contribution in [0.5, 0.6) is 5.75 Å². The van der Waals surface area contributed by atoms with E-state index in [1.54, 1.807) is 49.3 Å². The molecule has 0 bridgehead atoms. The molecule has 2 rings (SSSR count). The summed E-state index contributed by atoms with van der Waals surface area (Å²) >= 11 is 5.13. The largest absolute Gasteiger partial charge is 0.546 e. The number of hydrogen-bond acceptors (Lipinski definition) is 5. The van der Waals surface area contributed by atoms with Crippen LogP contribution in [-0.4, -0.2) is 47.5 Å². The van der Waals surface area contributed by atoms with Gasteiger partial charge in [0.05, 0.1) is 5.97 Å². The first-order valence-electron chi connectivity index (χ1n) is 6.11. The number of ether oxygens (including phenoxy) is 1. The highest BCUT2D eigenvalue weighted by molar-refractivity contribution is 7.80. The predicted octanol–water partition coefficient (Wildman–Crippen LogP) is -0.155. The van der Waals surface area contributed by atoms with Crippen molar-refractivity contribution in [1.29, 1.82) is 0 Å². The number of amides is 1. The molecule has 1 aromatic carbocycles. The maximum Gasteiger partial charge on any atom is 0.276 e. The van der Waals surface area contributed by atoms with E-state index in [1.807, 2.05) is 0 Å². The van der Waals surface area contributed by atoms with E-state index < -0.39 is 12.6 Å². The van der Waals surface area contributed by atoms with E-state index in [9.17, 15) is 14.7 Å². The standard InChI is InChI=1S/C14H14N2O4S/c1-15-10(13(19)16(2)14(15)21)7-9-5-3-4-6-11(9)20-8-12(17)18/h3-7H,8H2,1-2H3,(H,17,18)/p-1/b10-7-. The number of para-hydroxylation sites is 1. The first kappa shape index (κ1) is 15.0. The number of likely N-dealkylation sites (N-methyl/N-ethyl adjacent to an activating group) is 2. The average molecular weight is 305 g/mol. The van der Waals surface area contributed by atoms with Gasteiger partial charge in [-0.2, -0.15) is 0 Å². The quantitative estimate of drug-likeness (QED) is 0.569. The first-order valence-corrected chi connectivity index (χ1v) is 6.51. The third-order valence-corrected chi connectivity index (χ3v) is 3.56. The van der Waals surface area contributed by atoms with E-state index in [-0.39, 0.29) is 5.91 Å². The fraction of sp³-hybridized carbons (Fsp3) is 0.214. The Kier molecular flexibility index (Phi) is 4.23. The smallest absolute Gasteiger partial charge is 0.276 e. The molecule has 1 aliphatic rings. The van der Waals surface area contributed by atoms with Gasteiger partial charge in [-0.1, -0.05) is 18.2 Å². The second-order valence-electron chi connectivity index (χ2n) is 4.43. The number of carboxylic acids is 1. The van der Waals surface area contributed by atoms with E-state index in [0.29, 0.717) is 22.1 Å². The molecule has 0 aliphatic carbocycles. The summed E-state index contributed by atoms with van der Waals surface area (Å²) in [4.78, 5) is 25.5. The summed E-state index contributed by atoms with van der Waals surface area (Å²) in [6.45, 7) is -0.553. The summed E-state index contributed by atoms with van der Waals surface area (Å²) < 4.78 is 5.15. The Morgan fingerprint density at radius 1 is 1.33 bits per heavy atom. The molecular weight excluding hydrogens is 292 g/mol. The third kappa shape index (κ3) is 3.03. The van der Waals surface area contributed by atoms with Crippen molar-refractivity contribution in [3.05, 3.63) is 35.5 Å². The minimum absolute atomic E-state index is 0.225. The molecule has 0 aromatic heterocycles. The molecule has 110 valence electrons. The van der Waals surface area contributed by atoms with Crippen molar-refractivity contribution in [1.82, 2.24) is 9.80 Å². The summed E-state index contributed by atoms with van der Waals surface area (Å²) in [5, 5.41) is 10.9. The second kappa shape index (κ2) is 5.92. The Balaban J connectivity index is 2.35. The number of aliphatic carboxylic acids is 1. The summed E-state index contributed by atoms with van der Waals surface area (Å²) in [5.74, 6) is -1.18. The van der Waals surface area contributed by atoms with Gasteiger partial charge in [0.2, 0.25) is 0 Å². The molecule has 1 aliphatic heterocycles. The van der Waals surface area contributed by atoms with Gasteiger partial charge in [-0.3, -0.25) is 9.69 Å². The summed E-state index contributed by atoms with van der Waals surface area (Å²) in [6, 6.07) is 6.82. The van der Waals surface area contributed by atoms with Crippen molar-refractivity contribution in [3.63, 3.8) is 0 Å². The summed E-state index contributed by atoms with van der Waals surface area (Å²) in [5.41, 5.74) is 0.985. The molecule has 0 radical (unpaired) electrons. The van der Waals surface area contributed by atoms with E-state index in [0.717, 1.165) is 0 Å². The fourth-order valence-electron chi connectivity index (χ4n) is 1.90. The molecule has 1 heterocycles. The molecule has 21 heavy (non-hydrogen) atoms. The highest BCUT2D eigenvalue weighted by Crippen LogP contribution is 2.25. The second-order valence-corrected chi connectivity index (χ2v) is 4.80. The number of rotatable bonds is 4. The lowest BCUT2D eigenvalue weighted by Gasteiger charge is -2.12. The Morgan fingerprint density at radius 3 is 2.57 bits per heavy atom. The number of hydrogen-bond donors (Lipinski definition) is 0. The van der Waals surface area contributed by atoms with Gasteiger partial charge in [0.25, 0.3) is 5.91 Å². The van der Waals surface area contributed by atoms with Crippen LogP contribution >= 0.6 is 12.2 Å². The maximum atomic E-state index is 12.1. The van der Waals surface area contributed by atoms with Gasteiger partial charge in [0.15, 0.2) is 5.11 Å². The number of carboxylic acid groups (broad SMARTS) is 1. The van der Waals surface area contributed by atoms with Crippen molar-refractivity contribution < 1.29 is 19.4 Å². The summed E-state index contributed by atoms with van der Waals surface area (Å²) in [6.07, 6.45) is 1.61. The van der Waals surface area contributed by atoms with Crippen molar-refractivity contribution in [2.24, 2.45) is 0 Å². The molecule has 0 spiro atoms. The molecule has 0 atom stereocenters. The van der Waals surface area contributed by atoms with Gasteiger partial charge in [-0.05, 0) is 24.4 Å². The Labute approximate surface area is 127 Å². The summed E-state index contributed by atoms with van der Waals surface area (Å²) in [7, 11) is 3.29. The van der Waals surface area contributed by atoms with Crippen LogP contribution in [-0.2, 0) is 9.59 Å². The Morgan fingerprint density at radius 2 is 2.00 bits per heavy atom. The van der Waals surface area contributed by atoms with Crippen LogP contribution in [0.4, 0.5) is 0 Å². The zero-order valence-corrected chi connectivity index (χ0v) is 12.3. The minimum atomic E-state index is -1.31. The van der Waals surface area contributed by atoms with Crippen molar-refractivity contribution in [2.45, 2.75) is 0 Å². The van der Waals surface area contributed by atoms with Gasteiger partial charge in [0, 0.05) is 19.7 Å². The number of carbonyl (C=O) groups is 2. The number of nitrogens with zero attached hydrogens (tertiary/aromatic N) is 2. The van der Waals surface area contributed by atoms with E-state index in [4.69, 9.17) is 17.0 Å². The van der Waals surface area contributed by atoms with Crippen molar-refractivity contribution in [2.75, 3.05) is 20.7 Å². The van der Waals surface area contributed by atoms with Crippen LogP contribution in [0.2, 0.25) is 0 Å². The average Bonchev–Trinajstić information content (AvgIpc) is 2.64. The Hall–Kier alpha value is -2.41. The number of benzene rings is 1. The molecule has 1 fully saturated rings. The van der Waals surface area contributed by atoms with Gasteiger partial charge in [0.1, 0.15) is 18.1 Å². The molecule has 1 aromatic rings. The predicted molar refractivity (Wildman–Crippen MR) is 78.1 cm³/mol. The van der Waals surface area contributed by atoms with Crippen LogP contribution in [0.25, 0.3) is 6.08 Å². The SMILES string of the molecule is CN1C(=O)/C(=C/c2ccccc2OCC(=O)[O-])N(C)C1=S. The van der Waals surface area contributed by atoms with Crippen LogP contribution in [0, 0.1) is 0 Å². The number of thiocarbonyl (C=S) groups is 1. The molecule has 0 saturated carbocycles. The molecule has 0 unspecified atom stereocenters. The number of carbonyl (C=O) groups excluding carboxylic acids is 2. The maximum absolute atomic E-state index is 12.1. The van der Waals surface area contributed by atoms with Crippen LogP contribution in [0.1, 0.15) is 5.56 Å². The van der Waals surface area contributed by atoms with E-state index in [2.05, 4.69) is 0 Å². The molecule has 6 nitrogen and oxygen atoms in total. The van der Waals surface area contributed by atoms with Crippen LogP contribution in [0.3, 0.4) is 0 Å². The van der Waals surface area contributed by atoms with Crippen molar-refractivity contribution >= 4 is 35.3 Å². The zero-order chi connectivity index (χ0) is 15.6. The first-order chi connectivity index (χ1) is 9.91. The molecule has 0 N–H and O–H groups in total. The zero-order valence-electron chi connectivity index (χ0n) is 11.5. The lowest BCUT2D eigenvalue weighted by molar-refractivity contribution is -0.307. The highest BCUT2D eigenvalue weighted by Gasteiger charge is 2.32. The fourth-order valence-corrected chi connectivity index (χ4v) is 2.09. The molecule has 7 heteroatoms. The molecule has 1 saturated heterocycles. The van der Waals surface area contributed by atoms with Crippen LogP contribution in [0.15, 0.2) is 30.0 Å². The van der Waals surface area contributed by atoms with E-state index in [1.165, 1.54) is 4.90 Å². The lowest BCUT2D eigenvalue weighted by Crippen LogP contribution is -2.29. The molecule has 1 amide bonds. The van der Waals surface area contributed by atoms with Crippen molar-refractivity contribution in [3.8, 4) is 5.75 Å². The monoisotopic (exact) mass is 305 g/mol. The van der Waals surface area contributed by atoms with Gasteiger partial charge >= 0.3 is 0 Å². The topological polar surface area (TPSA) is 72.9 Å². The molecular formula is C14H13N2O4S-. The normalized spacial score (nSPS) is 16.8. The highest BCUT2D eigenvalue weighted by atomic mass is 32.1. The van der Waals surface area contributed by atoms with Gasteiger partial charge in [-0.15, -0.1) is 0 Å². The van der Waals surface area contributed by atoms with Crippen LogP contribution < -0.4 is 9.84 Å². The third-order valence-electron chi connectivity index (χ3n) is 3.02. The van der Waals surface area contributed by atoms with Gasteiger partial charge in [-0.25, -0.2) is 0 Å². The minimum Gasteiger partial charge on any atom is -0.546 e. The Bertz CT molecular complexity index is 642.